The fourth-order valence-electron chi connectivity index (χ4n) is 2.76. The maximum absolute atomic E-state index is 13.7. The third kappa shape index (κ3) is 3.89. The third-order valence-corrected chi connectivity index (χ3v) is 5.67. The van der Waals surface area contributed by atoms with Crippen molar-refractivity contribution in [2.45, 2.75) is 29.7 Å². The highest BCUT2D eigenvalue weighted by molar-refractivity contribution is 7.86. The van der Waals surface area contributed by atoms with Gasteiger partial charge >= 0.3 is 6.18 Å². The fourth-order valence-corrected chi connectivity index (χ4v) is 3.83. The van der Waals surface area contributed by atoms with E-state index in [4.69, 9.17) is 4.18 Å². The van der Waals surface area contributed by atoms with Crippen molar-refractivity contribution in [1.29, 1.82) is 0 Å². The van der Waals surface area contributed by atoms with Crippen LogP contribution < -0.4 is 0 Å². The van der Waals surface area contributed by atoms with E-state index in [0.717, 1.165) is 11.6 Å². The van der Waals surface area contributed by atoms with Crippen LogP contribution in [0, 0.1) is 6.92 Å². The van der Waals surface area contributed by atoms with Gasteiger partial charge in [-0.2, -0.15) is 21.6 Å². The summed E-state index contributed by atoms with van der Waals surface area (Å²) in [6, 6.07) is 13.6. The third-order valence-electron chi connectivity index (χ3n) is 4.36. The lowest BCUT2D eigenvalue weighted by Gasteiger charge is -2.35. The Morgan fingerprint density at radius 1 is 1.04 bits per heavy atom. The molecule has 0 amide bonds. The number of alkyl halides is 3. The Kier molecular flexibility index (Phi) is 5.22. The number of allylic oxidation sites excluding steroid dienone is 2. The number of rotatable bonds is 4. The van der Waals surface area contributed by atoms with Gasteiger partial charge in [0.15, 0.2) is 0 Å². The number of hydrogen-bond acceptors (Lipinski definition) is 4. The highest BCUT2D eigenvalue weighted by Gasteiger charge is 2.59. The monoisotopic (exact) mass is 410 g/mol. The average Bonchev–Trinajstić information content (AvgIpc) is 2.63. The van der Waals surface area contributed by atoms with Crippen LogP contribution in [0.1, 0.15) is 11.1 Å². The Bertz CT molecular complexity index is 1010. The van der Waals surface area contributed by atoms with E-state index in [2.05, 4.69) is 0 Å². The number of hydrogen-bond donors (Lipinski definition) is 1. The quantitative estimate of drug-likeness (QED) is 0.774. The Morgan fingerprint density at radius 3 is 2.21 bits per heavy atom. The molecule has 1 aliphatic rings. The maximum Gasteiger partial charge on any atom is 0.423 e. The summed E-state index contributed by atoms with van der Waals surface area (Å²) in [5, 5.41) is 10.4. The van der Waals surface area contributed by atoms with E-state index in [1.54, 1.807) is 37.3 Å². The zero-order valence-corrected chi connectivity index (χ0v) is 15.5. The van der Waals surface area contributed by atoms with E-state index in [1.165, 1.54) is 30.3 Å². The standard InChI is InChI=1S/C20H17F3O4S/c1-14-7-10-17(11-8-14)28(25,26)27-18-12-9-16(15-5-3-2-4-6-15)13-19(18,24)20(21,22)23/h2-13,18,24H,1H3. The van der Waals surface area contributed by atoms with E-state index >= 15 is 0 Å². The lowest BCUT2D eigenvalue weighted by molar-refractivity contribution is -0.258. The largest absolute Gasteiger partial charge is 0.423 e. The van der Waals surface area contributed by atoms with Gasteiger partial charge in [0.1, 0.15) is 6.10 Å². The summed E-state index contributed by atoms with van der Waals surface area (Å²) >= 11 is 0. The van der Waals surface area contributed by atoms with E-state index < -0.39 is 28.0 Å². The summed E-state index contributed by atoms with van der Waals surface area (Å²) in [4.78, 5) is -0.297. The van der Waals surface area contributed by atoms with Crippen LogP contribution in [0.25, 0.3) is 5.57 Å². The maximum atomic E-state index is 13.7. The Labute approximate surface area is 160 Å². The number of aryl methyl sites for hydroxylation is 1. The Balaban J connectivity index is 1.98. The predicted octanol–water partition coefficient (Wildman–Crippen LogP) is 4.02. The average molecular weight is 410 g/mol. The van der Waals surface area contributed by atoms with Crippen LogP contribution in [-0.2, 0) is 14.3 Å². The molecule has 0 radical (unpaired) electrons. The van der Waals surface area contributed by atoms with Crippen molar-refractivity contribution >= 4 is 15.7 Å². The van der Waals surface area contributed by atoms with E-state index in [-0.39, 0.29) is 10.5 Å². The van der Waals surface area contributed by atoms with Gasteiger partial charge in [0.2, 0.25) is 5.60 Å². The number of halogens is 3. The molecule has 1 N–H and O–H groups in total. The number of aliphatic hydroxyl groups is 1. The van der Waals surface area contributed by atoms with Crippen molar-refractivity contribution in [3.63, 3.8) is 0 Å². The smallest absolute Gasteiger partial charge is 0.374 e. The van der Waals surface area contributed by atoms with Crippen molar-refractivity contribution in [3.05, 3.63) is 84.0 Å². The first-order valence-corrected chi connectivity index (χ1v) is 9.69. The summed E-state index contributed by atoms with van der Waals surface area (Å²) in [7, 11) is -4.53. The van der Waals surface area contributed by atoms with Crippen molar-refractivity contribution in [1.82, 2.24) is 0 Å². The molecule has 3 rings (SSSR count). The predicted molar refractivity (Wildman–Crippen MR) is 97.8 cm³/mol. The van der Waals surface area contributed by atoms with Crippen LogP contribution in [0.2, 0.25) is 0 Å². The summed E-state index contributed by atoms with van der Waals surface area (Å²) in [6.07, 6.45) is -4.54. The molecule has 0 saturated carbocycles. The van der Waals surface area contributed by atoms with Crippen LogP contribution >= 0.6 is 0 Å². The van der Waals surface area contributed by atoms with E-state index in [9.17, 15) is 26.7 Å². The first kappa shape index (κ1) is 20.3. The van der Waals surface area contributed by atoms with Gasteiger partial charge in [-0.15, -0.1) is 0 Å². The first-order chi connectivity index (χ1) is 13.0. The van der Waals surface area contributed by atoms with Gasteiger partial charge < -0.3 is 5.11 Å². The van der Waals surface area contributed by atoms with Gasteiger partial charge in [-0.05, 0) is 36.3 Å². The van der Waals surface area contributed by atoms with Crippen molar-refractivity contribution in [2.24, 2.45) is 0 Å². The molecular formula is C20H17F3O4S. The molecule has 4 nitrogen and oxygen atoms in total. The SMILES string of the molecule is Cc1ccc(S(=O)(=O)OC2C=CC(c3ccccc3)=CC2(O)C(F)(F)F)cc1. The normalized spacial score (nSPS) is 22.8. The zero-order valence-electron chi connectivity index (χ0n) is 14.7. The van der Waals surface area contributed by atoms with Gasteiger partial charge in [-0.1, -0.05) is 60.2 Å². The lowest BCUT2D eigenvalue weighted by atomic mass is 9.86. The molecule has 0 aliphatic heterocycles. The number of benzene rings is 2. The molecule has 1 aliphatic carbocycles. The van der Waals surface area contributed by atoms with Crippen LogP contribution in [-0.4, -0.2) is 31.4 Å². The molecule has 28 heavy (non-hydrogen) atoms. The summed E-state index contributed by atoms with van der Waals surface area (Å²) in [6.45, 7) is 1.74. The minimum absolute atomic E-state index is 0.105. The van der Waals surface area contributed by atoms with Gasteiger partial charge in [-0.25, -0.2) is 0 Å². The second kappa shape index (κ2) is 7.20. The van der Waals surface area contributed by atoms with Crippen LogP contribution in [0.3, 0.4) is 0 Å². The highest BCUT2D eigenvalue weighted by atomic mass is 32.2. The van der Waals surface area contributed by atoms with E-state index in [0.29, 0.717) is 11.6 Å². The molecule has 0 spiro atoms. The molecule has 148 valence electrons. The minimum Gasteiger partial charge on any atom is -0.374 e. The van der Waals surface area contributed by atoms with Gasteiger partial charge in [0.05, 0.1) is 4.90 Å². The molecule has 8 heteroatoms. The molecule has 2 aromatic carbocycles. The van der Waals surface area contributed by atoms with Crippen LogP contribution in [0.15, 0.2) is 77.7 Å². The van der Waals surface area contributed by atoms with Crippen molar-refractivity contribution in [3.8, 4) is 0 Å². The Hall–Kier alpha value is -2.42. The highest BCUT2D eigenvalue weighted by Crippen LogP contribution is 2.42. The molecular weight excluding hydrogens is 393 g/mol. The molecule has 0 fully saturated rings. The summed E-state index contributed by atoms with van der Waals surface area (Å²) in [5.74, 6) is 0. The van der Waals surface area contributed by atoms with Crippen LogP contribution in [0.4, 0.5) is 13.2 Å². The molecule has 2 aromatic rings. The van der Waals surface area contributed by atoms with Crippen molar-refractivity contribution in [2.75, 3.05) is 0 Å². The van der Waals surface area contributed by atoms with E-state index in [1.807, 2.05) is 0 Å². The van der Waals surface area contributed by atoms with Gasteiger partial charge in [0.25, 0.3) is 10.1 Å². The fraction of sp³-hybridized carbons (Fsp3) is 0.200. The second-order valence-electron chi connectivity index (χ2n) is 6.43. The van der Waals surface area contributed by atoms with Gasteiger partial charge in [0, 0.05) is 0 Å². The molecule has 2 unspecified atom stereocenters. The first-order valence-electron chi connectivity index (χ1n) is 8.28. The summed E-state index contributed by atoms with van der Waals surface area (Å²) in [5.41, 5.74) is -2.18. The molecule has 0 bridgehead atoms. The second-order valence-corrected chi connectivity index (χ2v) is 8.00. The summed E-state index contributed by atoms with van der Waals surface area (Å²) < 4.78 is 70.7. The van der Waals surface area contributed by atoms with Gasteiger partial charge in [-0.3, -0.25) is 4.18 Å². The van der Waals surface area contributed by atoms with Crippen LogP contribution in [0.5, 0.6) is 0 Å². The zero-order chi connectivity index (χ0) is 20.6. The molecule has 2 atom stereocenters. The minimum atomic E-state index is -5.16. The van der Waals surface area contributed by atoms with Crippen molar-refractivity contribution < 1.29 is 30.9 Å². The molecule has 0 saturated heterocycles. The lowest BCUT2D eigenvalue weighted by Crippen LogP contribution is -2.54. The Morgan fingerprint density at radius 2 is 1.64 bits per heavy atom. The molecule has 0 aromatic heterocycles. The molecule has 0 heterocycles. The topological polar surface area (TPSA) is 63.6 Å².